The van der Waals surface area contributed by atoms with Crippen LogP contribution in [0.2, 0.25) is 0 Å². The molecule has 1 amide bonds. The van der Waals surface area contributed by atoms with Crippen LogP contribution in [0.4, 0.5) is 16.3 Å². The Labute approximate surface area is 151 Å². The van der Waals surface area contributed by atoms with Gasteiger partial charge in [0, 0.05) is 7.05 Å². The summed E-state index contributed by atoms with van der Waals surface area (Å²) in [6, 6.07) is 3.25. The van der Waals surface area contributed by atoms with E-state index in [0.29, 0.717) is 41.4 Å². The third kappa shape index (κ3) is 3.77. The fraction of sp³-hybridized carbons (Fsp3) is 0.467. The van der Waals surface area contributed by atoms with Gasteiger partial charge in [-0.25, -0.2) is 22.9 Å². The number of nitrogens with one attached hydrogen (secondary N) is 2. The highest BCUT2D eigenvalue weighted by atomic mass is 32.2. The zero-order chi connectivity index (χ0) is 18.9. The highest BCUT2D eigenvalue weighted by Gasteiger charge is 2.36. The third-order valence-corrected chi connectivity index (χ3v) is 5.72. The van der Waals surface area contributed by atoms with Gasteiger partial charge in [-0.2, -0.15) is 0 Å². The van der Waals surface area contributed by atoms with Crippen LogP contribution >= 0.6 is 0 Å². The lowest BCUT2D eigenvalue weighted by Gasteiger charge is -2.11. The minimum absolute atomic E-state index is 0.236. The molecular formula is C15H20N6O4S. The van der Waals surface area contributed by atoms with Crippen LogP contribution in [-0.4, -0.2) is 46.3 Å². The standard InChI is InChI=1S/C15H20N6O4S/c1-4-25-15(22)17-14-13(18-20-21(14)3)12-8-7-11(9(2)16-12)19-26(23,24)10-5-6-10/h7-8,10,19H,4-6H2,1-3H3,(H,17,22). The van der Waals surface area contributed by atoms with E-state index in [4.69, 9.17) is 4.74 Å². The molecule has 0 unspecified atom stereocenters. The number of carbonyl (C=O) groups excluding carboxylic acids is 1. The van der Waals surface area contributed by atoms with Gasteiger partial charge in [0.05, 0.1) is 28.9 Å². The number of aromatic nitrogens is 4. The summed E-state index contributed by atoms with van der Waals surface area (Å²) in [6.07, 6.45) is 0.745. The number of pyridine rings is 1. The van der Waals surface area contributed by atoms with Gasteiger partial charge >= 0.3 is 6.09 Å². The Morgan fingerprint density at radius 3 is 2.73 bits per heavy atom. The van der Waals surface area contributed by atoms with Crippen LogP contribution in [0.1, 0.15) is 25.5 Å². The highest BCUT2D eigenvalue weighted by molar-refractivity contribution is 7.93. The average Bonchev–Trinajstić information content (AvgIpc) is 3.37. The van der Waals surface area contributed by atoms with E-state index in [1.807, 2.05) is 0 Å². The first-order valence-electron chi connectivity index (χ1n) is 8.15. The van der Waals surface area contributed by atoms with Gasteiger partial charge in [-0.1, -0.05) is 5.21 Å². The largest absolute Gasteiger partial charge is 0.450 e. The molecule has 0 atom stereocenters. The molecule has 0 aliphatic heterocycles. The van der Waals surface area contributed by atoms with E-state index in [0.717, 1.165) is 0 Å². The maximum atomic E-state index is 12.1. The molecule has 1 saturated carbocycles. The van der Waals surface area contributed by atoms with E-state index >= 15 is 0 Å². The van der Waals surface area contributed by atoms with E-state index in [1.54, 1.807) is 33.0 Å². The number of sulfonamides is 1. The Bertz CT molecular complexity index is 936. The van der Waals surface area contributed by atoms with Crippen LogP contribution in [0, 0.1) is 6.92 Å². The van der Waals surface area contributed by atoms with Crippen LogP contribution in [0.15, 0.2) is 12.1 Å². The van der Waals surface area contributed by atoms with Crippen molar-refractivity contribution in [3.8, 4) is 11.4 Å². The molecule has 0 spiro atoms. The van der Waals surface area contributed by atoms with Gasteiger partial charge in [-0.05, 0) is 38.8 Å². The highest BCUT2D eigenvalue weighted by Crippen LogP contribution is 2.31. The van der Waals surface area contributed by atoms with E-state index in [9.17, 15) is 13.2 Å². The van der Waals surface area contributed by atoms with Gasteiger partial charge < -0.3 is 4.74 Å². The number of nitrogens with zero attached hydrogens (tertiary/aromatic N) is 4. The first-order valence-corrected chi connectivity index (χ1v) is 9.69. The molecule has 2 heterocycles. The zero-order valence-electron chi connectivity index (χ0n) is 14.7. The fourth-order valence-corrected chi connectivity index (χ4v) is 3.80. The molecule has 0 radical (unpaired) electrons. The predicted octanol–water partition coefficient (Wildman–Crippen LogP) is 1.66. The summed E-state index contributed by atoms with van der Waals surface area (Å²) in [6.45, 7) is 3.64. The van der Waals surface area contributed by atoms with Crippen molar-refractivity contribution in [2.45, 2.75) is 31.9 Å². The van der Waals surface area contributed by atoms with Gasteiger partial charge in [0.2, 0.25) is 10.0 Å². The summed E-state index contributed by atoms with van der Waals surface area (Å²) < 4.78 is 33.0. The Morgan fingerprint density at radius 2 is 2.12 bits per heavy atom. The van der Waals surface area contributed by atoms with Gasteiger partial charge in [-0.15, -0.1) is 5.10 Å². The smallest absolute Gasteiger partial charge is 0.412 e. The van der Waals surface area contributed by atoms with Crippen molar-refractivity contribution in [1.82, 2.24) is 20.0 Å². The topological polar surface area (TPSA) is 128 Å². The average molecular weight is 380 g/mol. The third-order valence-electron chi connectivity index (χ3n) is 3.87. The molecule has 1 fully saturated rings. The van der Waals surface area contributed by atoms with Crippen molar-refractivity contribution in [3.63, 3.8) is 0 Å². The van der Waals surface area contributed by atoms with Crippen LogP contribution < -0.4 is 10.0 Å². The second-order valence-corrected chi connectivity index (χ2v) is 7.89. The van der Waals surface area contributed by atoms with Crippen LogP contribution in [0.25, 0.3) is 11.4 Å². The second-order valence-electron chi connectivity index (χ2n) is 5.93. The molecule has 11 heteroatoms. The predicted molar refractivity (Wildman–Crippen MR) is 95.2 cm³/mol. The molecule has 1 aliphatic carbocycles. The van der Waals surface area contributed by atoms with E-state index < -0.39 is 16.1 Å². The normalized spacial score (nSPS) is 14.1. The lowest BCUT2D eigenvalue weighted by Crippen LogP contribution is -2.18. The van der Waals surface area contributed by atoms with E-state index in [-0.39, 0.29) is 11.9 Å². The molecule has 2 aromatic heterocycles. The number of aryl methyl sites for hydroxylation is 2. The van der Waals surface area contributed by atoms with Crippen molar-refractivity contribution >= 4 is 27.6 Å². The summed E-state index contributed by atoms with van der Waals surface area (Å²) in [4.78, 5) is 16.1. The molecule has 0 aromatic carbocycles. The van der Waals surface area contributed by atoms with Crippen molar-refractivity contribution in [2.75, 3.05) is 16.6 Å². The van der Waals surface area contributed by atoms with Gasteiger partial charge in [0.15, 0.2) is 11.5 Å². The van der Waals surface area contributed by atoms with Gasteiger partial charge in [-0.3, -0.25) is 10.0 Å². The molecule has 26 heavy (non-hydrogen) atoms. The lowest BCUT2D eigenvalue weighted by molar-refractivity contribution is 0.167. The van der Waals surface area contributed by atoms with E-state index in [1.165, 1.54) is 4.68 Å². The summed E-state index contributed by atoms with van der Waals surface area (Å²) in [5.41, 5.74) is 1.74. The number of rotatable bonds is 6. The molecule has 1 aliphatic rings. The maximum absolute atomic E-state index is 12.1. The van der Waals surface area contributed by atoms with Crippen LogP contribution in [0.5, 0.6) is 0 Å². The molecule has 140 valence electrons. The molecule has 0 saturated heterocycles. The second kappa shape index (κ2) is 6.90. The molecule has 0 bridgehead atoms. The molecule has 10 nitrogen and oxygen atoms in total. The first kappa shape index (κ1) is 18.1. The number of hydrogen-bond acceptors (Lipinski definition) is 7. The minimum atomic E-state index is -3.36. The van der Waals surface area contributed by atoms with Crippen LogP contribution in [-0.2, 0) is 21.8 Å². The fourth-order valence-electron chi connectivity index (χ4n) is 2.35. The Morgan fingerprint density at radius 1 is 1.38 bits per heavy atom. The molecular weight excluding hydrogens is 360 g/mol. The Hall–Kier alpha value is -2.69. The van der Waals surface area contributed by atoms with Crippen molar-refractivity contribution < 1.29 is 17.9 Å². The van der Waals surface area contributed by atoms with Crippen molar-refractivity contribution in [3.05, 3.63) is 17.8 Å². The lowest BCUT2D eigenvalue weighted by atomic mass is 10.2. The van der Waals surface area contributed by atoms with Crippen molar-refractivity contribution in [2.24, 2.45) is 7.05 Å². The molecule has 2 aromatic rings. The summed E-state index contributed by atoms with van der Waals surface area (Å²) in [5, 5.41) is 10.2. The van der Waals surface area contributed by atoms with Gasteiger partial charge in [0.25, 0.3) is 0 Å². The zero-order valence-corrected chi connectivity index (χ0v) is 15.5. The molecule has 3 rings (SSSR count). The first-order chi connectivity index (χ1) is 12.3. The number of ether oxygens (including phenoxy) is 1. The number of carbonyl (C=O) groups is 1. The number of amides is 1. The minimum Gasteiger partial charge on any atom is -0.450 e. The van der Waals surface area contributed by atoms with Crippen molar-refractivity contribution in [1.29, 1.82) is 0 Å². The summed E-state index contributed by atoms with van der Waals surface area (Å²) >= 11 is 0. The maximum Gasteiger partial charge on any atom is 0.412 e. The summed E-state index contributed by atoms with van der Waals surface area (Å²) in [5.74, 6) is 0.335. The van der Waals surface area contributed by atoms with Crippen LogP contribution in [0.3, 0.4) is 0 Å². The Balaban J connectivity index is 1.86. The summed E-state index contributed by atoms with van der Waals surface area (Å²) in [7, 11) is -1.73. The van der Waals surface area contributed by atoms with Gasteiger partial charge in [0.1, 0.15) is 0 Å². The Kier molecular flexibility index (Phi) is 4.81. The number of hydrogen-bond donors (Lipinski definition) is 2. The van der Waals surface area contributed by atoms with E-state index in [2.05, 4.69) is 25.3 Å². The molecule has 2 N–H and O–H groups in total. The number of anilines is 2. The monoisotopic (exact) mass is 380 g/mol. The quantitative estimate of drug-likeness (QED) is 0.780. The SMILES string of the molecule is CCOC(=O)Nc1c(-c2ccc(NS(=O)(=O)C3CC3)c(C)n2)nnn1C.